The molecule has 1 aromatic heterocycles. The molecule has 0 aliphatic carbocycles. The van der Waals surface area contributed by atoms with Gasteiger partial charge in [-0.1, -0.05) is 6.07 Å². The Morgan fingerprint density at radius 3 is 2.45 bits per heavy atom. The molecule has 0 spiro atoms. The number of esters is 2. The molecule has 0 atom stereocenters. The predicted molar refractivity (Wildman–Crippen MR) is 138 cm³/mol. The Bertz CT molecular complexity index is 1320. The minimum absolute atomic E-state index is 0.165. The van der Waals surface area contributed by atoms with E-state index in [1.54, 1.807) is 38.3 Å². The first-order valence-corrected chi connectivity index (χ1v) is 12.6. The molecule has 200 valence electrons. The predicted octanol–water partition coefficient (Wildman–Crippen LogP) is 4.12. The summed E-state index contributed by atoms with van der Waals surface area (Å²) in [4.78, 5) is 38.3. The monoisotopic (exact) mass is 541 g/mol. The van der Waals surface area contributed by atoms with Gasteiger partial charge in [-0.15, -0.1) is 11.3 Å². The Hall–Kier alpha value is -4.25. The van der Waals surface area contributed by atoms with Crippen molar-refractivity contribution < 1.29 is 42.8 Å². The Kier molecular flexibility index (Phi) is 8.70. The van der Waals surface area contributed by atoms with E-state index in [-0.39, 0.29) is 25.6 Å². The zero-order valence-corrected chi connectivity index (χ0v) is 22.0. The number of amides is 1. The lowest BCUT2D eigenvalue weighted by Crippen LogP contribution is -2.24. The lowest BCUT2D eigenvalue weighted by Gasteiger charge is -2.10. The van der Waals surface area contributed by atoms with Crippen LogP contribution in [0.15, 0.2) is 42.5 Å². The summed E-state index contributed by atoms with van der Waals surface area (Å²) >= 11 is 1.25. The fourth-order valence-corrected chi connectivity index (χ4v) is 4.80. The fourth-order valence-electron chi connectivity index (χ4n) is 3.72. The van der Waals surface area contributed by atoms with E-state index in [1.807, 2.05) is 25.1 Å². The second-order valence-electron chi connectivity index (χ2n) is 8.10. The first kappa shape index (κ1) is 26.8. The van der Waals surface area contributed by atoms with Gasteiger partial charge in [0.1, 0.15) is 16.5 Å². The van der Waals surface area contributed by atoms with Crippen molar-refractivity contribution in [1.29, 1.82) is 0 Å². The van der Waals surface area contributed by atoms with Crippen LogP contribution in [-0.2, 0) is 25.5 Å². The molecule has 3 aromatic rings. The molecule has 11 heteroatoms. The number of methoxy groups -OCH3 is 1. The highest BCUT2D eigenvalue weighted by Crippen LogP contribution is 2.37. The molecule has 38 heavy (non-hydrogen) atoms. The maximum atomic E-state index is 12.9. The molecule has 1 aliphatic heterocycles. The number of rotatable bonds is 11. The van der Waals surface area contributed by atoms with Crippen LogP contribution in [0.2, 0.25) is 0 Å². The minimum atomic E-state index is -0.715. The molecule has 0 saturated heterocycles. The highest BCUT2D eigenvalue weighted by atomic mass is 32.1. The number of nitrogens with one attached hydrogen (secondary N) is 1. The van der Waals surface area contributed by atoms with E-state index in [9.17, 15) is 14.4 Å². The molecule has 0 unspecified atom stereocenters. The first-order chi connectivity index (χ1) is 18.4. The molecule has 10 nitrogen and oxygen atoms in total. The summed E-state index contributed by atoms with van der Waals surface area (Å²) in [6, 6.07) is 12.3. The largest absolute Gasteiger partial charge is 0.497 e. The van der Waals surface area contributed by atoms with Gasteiger partial charge < -0.3 is 33.7 Å². The van der Waals surface area contributed by atoms with E-state index in [0.717, 1.165) is 16.0 Å². The Labute approximate surface area is 223 Å². The van der Waals surface area contributed by atoms with Crippen molar-refractivity contribution in [2.75, 3.05) is 39.0 Å². The number of anilines is 1. The maximum absolute atomic E-state index is 12.9. The summed E-state index contributed by atoms with van der Waals surface area (Å²) in [7, 11) is 1.55. The van der Waals surface area contributed by atoms with Crippen LogP contribution in [0, 0.1) is 6.92 Å². The van der Waals surface area contributed by atoms with Crippen LogP contribution >= 0.6 is 11.3 Å². The molecule has 0 bridgehead atoms. The van der Waals surface area contributed by atoms with Crippen LogP contribution in [0.25, 0.3) is 0 Å². The van der Waals surface area contributed by atoms with Crippen molar-refractivity contribution in [3.63, 3.8) is 0 Å². The molecule has 0 saturated carbocycles. The number of ether oxygens (including phenoxy) is 6. The number of hydrogen-bond donors (Lipinski definition) is 1. The average molecular weight is 542 g/mol. The second-order valence-corrected chi connectivity index (χ2v) is 9.32. The number of aryl methyl sites for hydroxylation is 1. The van der Waals surface area contributed by atoms with E-state index < -0.39 is 24.5 Å². The quantitative estimate of drug-likeness (QED) is 0.358. The van der Waals surface area contributed by atoms with Crippen LogP contribution < -0.4 is 24.3 Å². The number of thiophene rings is 1. The fraction of sp³-hybridized carbons (Fsp3) is 0.296. The second kappa shape index (κ2) is 12.3. The van der Waals surface area contributed by atoms with Gasteiger partial charge >= 0.3 is 11.9 Å². The van der Waals surface area contributed by atoms with E-state index in [1.165, 1.54) is 11.3 Å². The molecule has 1 amide bonds. The number of hydrogen-bond acceptors (Lipinski definition) is 10. The van der Waals surface area contributed by atoms with E-state index in [4.69, 9.17) is 28.4 Å². The van der Waals surface area contributed by atoms with Gasteiger partial charge in [0.2, 0.25) is 6.79 Å². The van der Waals surface area contributed by atoms with Crippen molar-refractivity contribution in [3.8, 4) is 23.0 Å². The zero-order chi connectivity index (χ0) is 27.1. The van der Waals surface area contributed by atoms with Gasteiger partial charge in [0.05, 0.1) is 19.3 Å². The van der Waals surface area contributed by atoms with Crippen LogP contribution in [0.3, 0.4) is 0 Å². The van der Waals surface area contributed by atoms with Crippen LogP contribution in [-0.4, -0.2) is 51.6 Å². The number of carbonyl (C=O) groups excluding carboxylic acids is 3. The minimum Gasteiger partial charge on any atom is -0.497 e. The molecule has 1 N–H and O–H groups in total. The lowest BCUT2D eigenvalue weighted by atomic mass is 10.0. The number of benzene rings is 2. The summed E-state index contributed by atoms with van der Waals surface area (Å²) in [5.74, 6) is 0.555. The van der Waals surface area contributed by atoms with E-state index in [2.05, 4.69) is 5.32 Å². The van der Waals surface area contributed by atoms with Gasteiger partial charge in [-0.3, -0.25) is 4.79 Å². The topological polar surface area (TPSA) is 119 Å². The highest BCUT2D eigenvalue weighted by Gasteiger charge is 2.25. The van der Waals surface area contributed by atoms with Gasteiger partial charge in [0.25, 0.3) is 5.91 Å². The summed E-state index contributed by atoms with van der Waals surface area (Å²) in [5, 5.41) is 3.01. The maximum Gasteiger partial charge on any atom is 0.344 e. The van der Waals surface area contributed by atoms with Crippen LogP contribution in [0.5, 0.6) is 23.0 Å². The van der Waals surface area contributed by atoms with Gasteiger partial charge in [-0.05, 0) is 67.8 Å². The lowest BCUT2D eigenvalue weighted by molar-refractivity contribution is -0.149. The zero-order valence-electron chi connectivity index (χ0n) is 21.2. The summed E-state index contributed by atoms with van der Waals surface area (Å²) in [5.41, 5.74) is 1.91. The van der Waals surface area contributed by atoms with E-state index in [0.29, 0.717) is 34.4 Å². The Balaban J connectivity index is 1.39. The third-order valence-corrected chi connectivity index (χ3v) is 6.60. The first-order valence-electron chi connectivity index (χ1n) is 11.8. The molecule has 0 radical (unpaired) electrons. The van der Waals surface area contributed by atoms with E-state index >= 15 is 0 Å². The van der Waals surface area contributed by atoms with Crippen molar-refractivity contribution in [3.05, 3.63) is 64.0 Å². The third kappa shape index (κ3) is 6.54. The SMILES string of the molecule is CCOC(=O)c1c(NC(=O)COC(=O)COc2ccc(OC)cc2)sc(C)c1Cc1ccc2c(c1)OCO2. The summed E-state index contributed by atoms with van der Waals surface area (Å²) in [6.45, 7) is 3.00. The number of fused-ring (bicyclic) bond motifs is 1. The van der Waals surface area contributed by atoms with Crippen molar-refractivity contribution in [2.45, 2.75) is 20.3 Å². The summed E-state index contributed by atoms with van der Waals surface area (Å²) in [6.07, 6.45) is 0.417. The number of carbonyl (C=O) groups is 3. The van der Waals surface area contributed by atoms with Crippen LogP contribution in [0.4, 0.5) is 5.00 Å². The molecular weight excluding hydrogens is 514 g/mol. The Morgan fingerprint density at radius 1 is 0.974 bits per heavy atom. The Morgan fingerprint density at radius 2 is 1.71 bits per heavy atom. The van der Waals surface area contributed by atoms with Gasteiger partial charge in [-0.2, -0.15) is 0 Å². The van der Waals surface area contributed by atoms with Gasteiger partial charge in [0, 0.05) is 4.88 Å². The standard InChI is InChI=1S/C27H27NO9S/c1-4-33-27(31)25-20(11-17-5-10-21-22(12-17)37-15-36-21)16(2)38-26(25)28-23(29)13-35-24(30)14-34-19-8-6-18(32-3)7-9-19/h5-10,12H,4,11,13-15H2,1-3H3,(H,28,29). The smallest absolute Gasteiger partial charge is 0.344 e. The molecule has 0 fully saturated rings. The van der Waals surface area contributed by atoms with Gasteiger partial charge in [-0.25, -0.2) is 9.59 Å². The van der Waals surface area contributed by atoms with Crippen molar-refractivity contribution in [1.82, 2.24) is 0 Å². The van der Waals surface area contributed by atoms with Crippen LogP contribution in [0.1, 0.15) is 33.3 Å². The molecule has 4 rings (SSSR count). The average Bonchev–Trinajstić information content (AvgIpc) is 3.50. The molecule has 2 aromatic carbocycles. The van der Waals surface area contributed by atoms with Gasteiger partial charge in [0.15, 0.2) is 24.7 Å². The molecular formula is C27H27NO9S. The van der Waals surface area contributed by atoms with Crippen molar-refractivity contribution in [2.24, 2.45) is 0 Å². The summed E-state index contributed by atoms with van der Waals surface area (Å²) < 4.78 is 31.5. The molecule has 2 heterocycles. The third-order valence-electron chi connectivity index (χ3n) is 5.54. The van der Waals surface area contributed by atoms with Crippen molar-refractivity contribution >= 4 is 34.2 Å². The molecule has 1 aliphatic rings. The highest BCUT2D eigenvalue weighted by molar-refractivity contribution is 7.16. The normalized spacial score (nSPS) is 11.6.